The van der Waals surface area contributed by atoms with Crippen LogP contribution in [0, 0.1) is 5.92 Å². The Labute approximate surface area is 231 Å². The topological polar surface area (TPSA) is 83.4 Å². The molecule has 8 heteroatoms. The fraction of sp³-hybridized carbons (Fsp3) is 0.567. The van der Waals surface area contributed by atoms with Gasteiger partial charge in [0.2, 0.25) is 11.8 Å². The molecule has 0 bridgehead atoms. The lowest BCUT2D eigenvalue weighted by Gasteiger charge is -2.35. The van der Waals surface area contributed by atoms with E-state index < -0.39 is 6.04 Å². The number of allylic oxidation sites excluding steroid dienone is 1. The van der Waals surface area contributed by atoms with Crippen molar-refractivity contribution in [3.05, 3.63) is 47.1 Å². The number of nitrogens with zero attached hydrogens (tertiary/aromatic N) is 2. The van der Waals surface area contributed by atoms with Crippen molar-refractivity contribution in [2.24, 2.45) is 5.92 Å². The molecule has 1 aliphatic carbocycles. The molecule has 2 aliphatic rings. The van der Waals surface area contributed by atoms with Gasteiger partial charge in [0.15, 0.2) is 5.78 Å². The lowest BCUT2D eigenvalue weighted by atomic mass is 9.83. The third-order valence-electron chi connectivity index (χ3n) is 8.40. The molecule has 2 N–H and O–H groups in total. The number of likely N-dealkylation sites (N-methyl/N-ethyl adjacent to an activating group) is 1. The van der Waals surface area contributed by atoms with Crippen molar-refractivity contribution in [1.82, 2.24) is 20.1 Å². The second-order valence-corrected chi connectivity index (χ2v) is 11.3. The number of rotatable bonds is 10. The van der Waals surface area contributed by atoms with E-state index in [0.717, 1.165) is 55.0 Å². The Morgan fingerprint density at radius 2 is 1.89 bits per heavy atom. The van der Waals surface area contributed by atoms with Crippen molar-refractivity contribution < 1.29 is 14.4 Å². The van der Waals surface area contributed by atoms with Crippen LogP contribution in [-0.4, -0.2) is 58.8 Å². The van der Waals surface area contributed by atoms with Crippen molar-refractivity contribution in [1.29, 1.82) is 0 Å². The van der Waals surface area contributed by atoms with E-state index in [1.165, 1.54) is 6.42 Å². The molecule has 3 atom stereocenters. The quantitative estimate of drug-likeness (QED) is 0.332. The summed E-state index contributed by atoms with van der Waals surface area (Å²) < 4.78 is 2.10. The van der Waals surface area contributed by atoms with E-state index in [-0.39, 0.29) is 35.6 Å². The lowest BCUT2D eigenvalue weighted by Crippen LogP contribution is -2.56. The molecular weight excluding hydrogens is 500 g/mol. The Balaban J connectivity index is 1.63. The minimum atomic E-state index is -0.508. The summed E-state index contributed by atoms with van der Waals surface area (Å²) >= 11 is 6.53. The van der Waals surface area contributed by atoms with Gasteiger partial charge in [0.05, 0.1) is 6.04 Å². The van der Waals surface area contributed by atoms with Gasteiger partial charge in [0, 0.05) is 46.8 Å². The molecule has 2 aromatic rings. The summed E-state index contributed by atoms with van der Waals surface area (Å²) in [6, 6.07) is 2.95. The normalized spacial score (nSPS) is 19.9. The largest absolute Gasteiger partial charge is 0.345 e. The van der Waals surface area contributed by atoms with Crippen LogP contribution in [0.1, 0.15) is 74.7 Å². The molecule has 38 heavy (non-hydrogen) atoms. The van der Waals surface area contributed by atoms with Crippen molar-refractivity contribution in [2.75, 3.05) is 13.6 Å². The van der Waals surface area contributed by atoms with Gasteiger partial charge in [-0.1, -0.05) is 36.9 Å². The van der Waals surface area contributed by atoms with Crippen LogP contribution < -0.4 is 10.6 Å². The molecule has 0 radical (unpaired) electrons. The maximum absolute atomic E-state index is 14.1. The molecule has 206 valence electrons. The Morgan fingerprint density at radius 1 is 1.16 bits per heavy atom. The second kappa shape index (κ2) is 12.5. The fourth-order valence-corrected chi connectivity index (χ4v) is 6.42. The number of hydrogen-bond donors (Lipinski definition) is 2. The van der Waals surface area contributed by atoms with Crippen LogP contribution in [0.4, 0.5) is 0 Å². The number of carbonyl (C=O) groups excluding carboxylic acids is 3. The average molecular weight is 541 g/mol. The number of ketones is 1. The molecule has 1 aliphatic heterocycles. The van der Waals surface area contributed by atoms with E-state index in [9.17, 15) is 14.4 Å². The van der Waals surface area contributed by atoms with E-state index in [1.807, 2.05) is 30.2 Å². The van der Waals surface area contributed by atoms with E-state index in [0.29, 0.717) is 30.1 Å². The molecule has 2 heterocycles. The fourth-order valence-electron chi connectivity index (χ4n) is 6.18. The van der Waals surface area contributed by atoms with E-state index >= 15 is 0 Å². The van der Waals surface area contributed by atoms with Crippen molar-refractivity contribution in [2.45, 2.75) is 89.9 Å². The first kappa shape index (κ1) is 28.4. The predicted octanol–water partition coefficient (Wildman–Crippen LogP) is 4.89. The van der Waals surface area contributed by atoms with Gasteiger partial charge in [0.25, 0.3) is 0 Å². The monoisotopic (exact) mass is 540 g/mol. The summed E-state index contributed by atoms with van der Waals surface area (Å²) in [5, 5.41) is 7.58. The van der Waals surface area contributed by atoms with Crippen LogP contribution in [0.3, 0.4) is 0 Å². The van der Waals surface area contributed by atoms with E-state index in [4.69, 9.17) is 11.6 Å². The lowest BCUT2D eigenvalue weighted by molar-refractivity contribution is -0.139. The van der Waals surface area contributed by atoms with Crippen LogP contribution in [0.15, 0.2) is 31.0 Å². The molecule has 7 nitrogen and oxygen atoms in total. The number of amides is 2. The Morgan fingerprint density at radius 3 is 2.55 bits per heavy atom. The molecule has 2 amide bonds. The van der Waals surface area contributed by atoms with Gasteiger partial charge in [-0.2, -0.15) is 0 Å². The van der Waals surface area contributed by atoms with Gasteiger partial charge in [-0.05, 0) is 76.6 Å². The molecule has 1 saturated heterocycles. The van der Waals surface area contributed by atoms with Crippen LogP contribution in [0.2, 0.25) is 5.02 Å². The zero-order chi connectivity index (χ0) is 27.4. The summed E-state index contributed by atoms with van der Waals surface area (Å²) in [5.41, 5.74) is 2.49. The number of aromatic nitrogens is 1. The highest BCUT2D eigenvalue weighted by Gasteiger charge is 2.39. The SMILES string of the molecule is C=CCc1c(Cl)ccc2c1c(C(C)=O)cn2CC1CCCN1C(=O)C(NC(=O)C(C)NC)C1CCCCC1. The maximum Gasteiger partial charge on any atom is 0.245 e. The Kier molecular flexibility index (Phi) is 9.32. The standard InChI is InChI=1S/C30H41ClN4O3/c1-5-10-23-25(31)14-15-26-27(23)24(20(3)36)18-34(26)17-22-13-9-16-35(22)30(38)28(21-11-7-6-8-12-21)33-29(37)19(2)32-4/h5,14-15,18-19,21-22,28,32H,1,6-13,16-17H2,2-4H3,(H,33,37). The number of carbonyl (C=O) groups is 3. The summed E-state index contributed by atoms with van der Waals surface area (Å²) in [4.78, 5) is 41.5. The predicted molar refractivity (Wildman–Crippen MR) is 153 cm³/mol. The summed E-state index contributed by atoms with van der Waals surface area (Å²) in [5.74, 6) is 0.0289. The number of fused-ring (bicyclic) bond motifs is 1. The zero-order valence-electron chi connectivity index (χ0n) is 22.9. The summed E-state index contributed by atoms with van der Waals surface area (Å²) in [6.07, 6.45) is 11.4. The highest BCUT2D eigenvalue weighted by molar-refractivity contribution is 6.32. The first-order chi connectivity index (χ1) is 18.3. The molecule has 2 fully saturated rings. The number of likely N-dealkylation sites (tertiary alicyclic amines) is 1. The summed E-state index contributed by atoms with van der Waals surface area (Å²) in [7, 11) is 1.75. The van der Waals surface area contributed by atoms with Gasteiger partial charge < -0.3 is 20.1 Å². The average Bonchev–Trinajstić information content (AvgIpc) is 3.53. The first-order valence-electron chi connectivity index (χ1n) is 14.0. The minimum Gasteiger partial charge on any atom is -0.345 e. The third-order valence-corrected chi connectivity index (χ3v) is 8.76. The van der Waals surface area contributed by atoms with Gasteiger partial charge in [-0.3, -0.25) is 14.4 Å². The van der Waals surface area contributed by atoms with Crippen LogP contribution >= 0.6 is 11.6 Å². The number of nitrogens with one attached hydrogen (secondary N) is 2. The molecule has 3 unspecified atom stereocenters. The molecule has 1 saturated carbocycles. The number of hydrogen-bond acceptors (Lipinski definition) is 4. The van der Waals surface area contributed by atoms with Gasteiger partial charge in [-0.15, -0.1) is 6.58 Å². The third kappa shape index (κ3) is 5.84. The molecule has 0 spiro atoms. The Bertz CT molecular complexity index is 1200. The summed E-state index contributed by atoms with van der Waals surface area (Å²) in [6.45, 7) is 8.51. The number of benzene rings is 1. The first-order valence-corrected chi connectivity index (χ1v) is 14.3. The van der Waals surface area contributed by atoms with Crippen LogP contribution in [0.5, 0.6) is 0 Å². The zero-order valence-corrected chi connectivity index (χ0v) is 23.7. The maximum atomic E-state index is 14.1. The Hall–Kier alpha value is -2.64. The highest BCUT2D eigenvalue weighted by Crippen LogP contribution is 2.34. The van der Waals surface area contributed by atoms with Gasteiger partial charge in [-0.25, -0.2) is 0 Å². The molecule has 1 aromatic heterocycles. The number of Topliss-reactive ketones (excluding diaryl/α,β-unsaturated/α-hetero) is 1. The van der Waals surface area contributed by atoms with Crippen molar-refractivity contribution >= 4 is 40.1 Å². The van der Waals surface area contributed by atoms with Crippen LogP contribution in [-0.2, 0) is 22.6 Å². The minimum absolute atomic E-state index is 0.0128. The number of halogens is 1. The van der Waals surface area contributed by atoms with Crippen molar-refractivity contribution in [3.8, 4) is 0 Å². The van der Waals surface area contributed by atoms with Gasteiger partial charge in [0.1, 0.15) is 6.04 Å². The molecule has 4 rings (SSSR count). The highest BCUT2D eigenvalue weighted by atomic mass is 35.5. The smallest absolute Gasteiger partial charge is 0.245 e. The molecule has 1 aromatic carbocycles. The second-order valence-electron chi connectivity index (χ2n) is 10.9. The van der Waals surface area contributed by atoms with E-state index in [2.05, 4.69) is 21.8 Å². The van der Waals surface area contributed by atoms with Crippen LogP contribution in [0.25, 0.3) is 10.9 Å². The van der Waals surface area contributed by atoms with Gasteiger partial charge >= 0.3 is 0 Å². The van der Waals surface area contributed by atoms with E-state index in [1.54, 1.807) is 20.0 Å². The van der Waals surface area contributed by atoms with Crippen molar-refractivity contribution in [3.63, 3.8) is 0 Å². The molecular formula is C30H41ClN4O3.